The Hall–Kier alpha value is -1.74. The molecule has 2 aromatic rings. The van der Waals surface area contributed by atoms with Gasteiger partial charge in [-0.3, -0.25) is 0 Å². The zero-order chi connectivity index (χ0) is 25.0. The van der Waals surface area contributed by atoms with Gasteiger partial charge in [0, 0.05) is 11.2 Å². The first-order valence-corrected chi connectivity index (χ1v) is 12.7. The predicted molar refractivity (Wildman–Crippen MR) is 148 cm³/mol. The molecule has 0 unspecified atom stereocenters. The third-order valence-electron chi connectivity index (χ3n) is 8.01. The lowest BCUT2D eigenvalue weighted by Gasteiger charge is -2.44. The summed E-state index contributed by atoms with van der Waals surface area (Å²) in [5.74, 6) is 2.25. The second-order valence-electron chi connectivity index (χ2n) is 12.3. The summed E-state index contributed by atoms with van der Waals surface area (Å²) in [6.45, 7) is 27.6. The Morgan fingerprint density at radius 1 is 0.848 bits per heavy atom. The molecule has 2 aromatic carbocycles. The first-order valence-electron chi connectivity index (χ1n) is 12.7. The van der Waals surface area contributed by atoms with Crippen molar-refractivity contribution in [3.05, 3.63) is 63.6 Å². The lowest BCUT2D eigenvalue weighted by atomic mass is 9.43. The summed E-state index contributed by atoms with van der Waals surface area (Å²) < 4.78 is 0. The molecule has 3 rings (SSSR count). The molecule has 1 aliphatic rings. The molecular formula is C30H46BN2. The van der Waals surface area contributed by atoms with Crippen LogP contribution in [0.5, 0.6) is 0 Å². The minimum atomic E-state index is -0.138. The highest BCUT2D eigenvalue weighted by atomic mass is 15.3. The van der Waals surface area contributed by atoms with Crippen molar-refractivity contribution in [2.75, 3.05) is 4.90 Å². The number of benzene rings is 2. The topological polar surface area (TPSA) is 29.3 Å². The largest absolute Gasteiger partial charge is 0.364 e. The van der Waals surface area contributed by atoms with Crippen LogP contribution in [-0.2, 0) is 0 Å². The molecular weight excluding hydrogens is 399 g/mol. The van der Waals surface area contributed by atoms with Crippen molar-refractivity contribution >= 4 is 18.0 Å². The second kappa shape index (κ2) is 8.80. The highest BCUT2D eigenvalue weighted by Crippen LogP contribution is 2.55. The Balaban J connectivity index is 2.34. The molecule has 0 amide bonds. The smallest absolute Gasteiger partial charge is 0.282 e. The van der Waals surface area contributed by atoms with Crippen molar-refractivity contribution in [3.63, 3.8) is 0 Å². The molecule has 1 saturated heterocycles. The van der Waals surface area contributed by atoms with Crippen molar-refractivity contribution in [2.45, 2.75) is 107 Å². The van der Waals surface area contributed by atoms with Gasteiger partial charge in [0.25, 0.3) is 6.85 Å². The van der Waals surface area contributed by atoms with E-state index >= 15 is 0 Å². The molecule has 1 aliphatic heterocycles. The number of nitrogens with two attached hydrogens (primary N) is 1. The van der Waals surface area contributed by atoms with Gasteiger partial charge in [-0.15, -0.1) is 0 Å². The first-order chi connectivity index (χ1) is 15.1. The predicted octanol–water partition coefficient (Wildman–Crippen LogP) is 7.11. The van der Waals surface area contributed by atoms with Gasteiger partial charge in [0.1, 0.15) is 0 Å². The fourth-order valence-corrected chi connectivity index (χ4v) is 6.48. The normalized spacial score (nSPS) is 18.0. The van der Waals surface area contributed by atoms with E-state index in [0.29, 0.717) is 11.8 Å². The molecule has 0 aliphatic carbocycles. The third-order valence-corrected chi connectivity index (χ3v) is 8.01. The van der Waals surface area contributed by atoms with Crippen LogP contribution in [0.25, 0.3) is 0 Å². The number of hydrogen-bond acceptors (Lipinski definition) is 2. The first kappa shape index (κ1) is 25.9. The Morgan fingerprint density at radius 3 is 1.73 bits per heavy atom. The van der Waals surface area contributed by atoms with E-state index in [9.17, 15) is 0 Å². The lowest BCUT2D eigenvalue weighted by Crippen LogP contribution is -2.58. The number of hydrogen-bond donors (Lipinski definition) is 1. The van der Waals surface area contributed by atoms with E-state index < -0.39 is 0 Å². The van der Waals surface area contributed by atoms with E-state index in [1.807, 2.05) is 0 Å². The van der Waals surface area contributed by atoms with E-state index in [0.717, 1.165) is 6.42 Å². The number of rotatable bonds is 5. The van der Waals surface area contributed by atoms with Crippen LogP contribution in [0.15, 0.2) is 24.3 Å². The molecule has 2 N–H and O–H groups in total. The van der Waals surface area contributed by atoms with Crippen molar-refractivity contribution in [1.82, 2.24) is 0 Å². The number of anilines is 1. The molecule has 0 saturated carbocycles. The zero-order valence-electron chi connectivity index (χ0n) is 23.3. The van der Waals surface area contributed by atoms with E-state index in [1.165, 1.54) is 50.5 Å². The third kappa shape index (κ3) is 4.38. The van der Waals surface area contributed by atoms with Crippen molar-refractivity contribution in [2.24, 2.45) is 11.1 Å². The van der Waals surface area contributed by atoms with Gasteiger partial charge in [-0.1, -0.05) is 82.4 Å². The van der Waals surface area contributed by atoms with Crippen LogP contribution in [0.2, 0.25) is 0 Å². The van der Waals surface area contributed by atoms with Crippen LogP contribution >= 0.6 is 0 Å². The van der Waals surface area contributed by atoms with Crippen LogP contribution in [0.3, 0.4) is 0 Å². The second-order valence-corrected chi connectivity index (χ2v) is 12.3. The van der Waals surface area contributed by atoms with Gasteiger partial charge in [-0.25, -0.2) is 0 Å². The van der Waals surface area contributed by atoms with Crippen molar-refractivity contribution in [3.8, 4) is 0 Å². The van der Waals surface area contributed by atoms with Crippen molar-refractivity contribution in [1.29, 1.82) is 0 Å². The van der Waals surface area contributed by atoms with Gasteiger partial charge in [0.05, 0.1) is 5.94 Å². The van der Waals surface area contributed by atoms with Gasteiger partial charge >= 0.3 is 0 Å². The molecule has 0 aromatic heterocycles. The molecule has 3 heteroatoms. The van der Waals surface area contributed by atoms with E-state index in [-0.39, 0.29) is 17.8 Å². The molecule has 33 heavy (non-hydrogen) atoms. The quantitative estimate of drug-likeness (QED) is 0.497. The number of nitrogens with zero attached hydrogens (tertiary/aromatic N) is 1. The van der Waals surface area contributed by atoms with Gasteiger partial charge < -0.3 is 10.5 Å². The molecule has 0 bridgehead atoms. The average molecular weight is 446 g/mol. The van der Waals surface area contributed by atoms with E-state index in [2.05, 4.69) is 112 Å². The van der Waals surface area contributed by atoms with Crippen LogP contribution in [0.1, 0.15) is 107 Å². The molecule has 179 valence electrons. The molecule has 1 radical (unpaired) electrons. The van der Waals surface area contributed by atoms with Gasteiger partial charge in [-0.05, 0) is 87.5 Å². The van der Waals surface area contributed by atoms with Crippen LogP contribution in [0, 0.1) is 39.1 Å². The minimum absolute atomic E-state index is 0.00219. The zero-order valence-corrected chi connectivity index (χ0v) is 23.3. The standard InChI is InChI=1S/C30H46BN2/c1-18(2)24-14-13-15-25(19(3)4)27(24)33-28(29(9,10)17-30(33,11)12)31(32)26-22(7)20(5)16-21(6)23(26)8/h13-16,18-19H,17,32H2,1-12H3. The Bertz CT molecular complexity index is 980. The summed E-state index contributed by atoms with van der Waals surface area (Å²) in [4.78, 5) is 2.67. The Morgan fingerprint density at radius 2 is 1.30 bits per heavy atom. The Labute approximate surface area is 204 Å². The average Bonchev–Trinajstić information content (AvgIpc) is 2.88. The minimum Gasteiger partial charge on any atom is -0.364 e. The molecule has 0 atom stereocenters. The SMILES string of the molecule is Cc1cc(C)c(C)c(B(N)[C]2N(c3c(C(C)C)cccc3C(C)C)C(C)(C)CC2(C)C)c1C. The maximum atomic E-state index is 7.34. The molecule has 1 fully saturated rings. The summed E-state index contributed by atoms with van der Waals surface area (Å²) in [6.07, 6.45) is 1.08. The highest BCUT2D eigenvalue weighted by Gasteiger charge is 2.56. The molecule has 2 nitrogen and oxygen atoms in total. The fourth-order valence-electron chi connectivity index (χ4n) is 6.48. The number of aryl methyl sites for hydroxylation is 2. The lowest BCUT2D eigenvalue weighted by molar-refractivity contribution is 0.382. The highest BCUT2D eigenvalue weighted by molar-refractivity contribution is 6.77. The van der Waals surface area contributed by atoms with Gasteiger partial charge in [-0.2, -0.15) is 0 Å². The van der Waals surface area contributed by atoms with E-state index in [1.54, 1.807) is 0 Å². The van der Waals surface area contributed by atoms with Gasteiger partial charge in [0.15, 0.2) is 0 Å². The van der Waals surface area contributed by atoms with Crippen LogP contribution < -0.4 is 16.0 Å². The fraction of sp³-hybridized carbons (Fsp3) is 0.567. The van der Waals surface area contributed by atoms with E-state index in [4.69, 9.17) is 5.64 Å². The molecule has 1 heterocycles. The summed E-state index contributed by atoms with van der Waals surface area (Å²) in [5.41, 5.74) is 18.2. The summed E-state index contributed by atoms with van der Waals surface area (Å²) in [5, 5.41) is 0. The van der Waals surface area contributed by atoms with Gasteiger partial charge in [0.2, 0.25) is 0 Å². The van der Waals surface area contributed by atoms with Crippen LogP contribution in [0.4, 0.5) is 5.69 Å². The summed E-state index contributed by atoms with van der Waals surface area (Å²) in [6, 6.07) is 9.19. The summed E-state index contributed by atoms with van der Waals surface area (Å²) >= 11 is 0. The molecule has 0 spiro atoms. The van der Waals surface area contributed by atoms with Crippen molar-refractivity contribution < 1.29 is 0 Å². The maximum absolute atomic E-state index is 7.34. The Kier molecular flexibility index (Phi) is 6.90. The monoisotopic (exact) mass is 445 g/mol. The van der Waals surface area contributed by atoms with Crippen LogP contribution in [-0.4, -0.2) is 12.4 Å². The summed E-state index contributed by atoms with van der Waals surface area (Å²) in [7, 11) is 0. The maximum Gasteiger partial charge on any atom is 0.282 e. The number of para-hydroxylation sites is 1.